The number of phenolic OH excluding ortho intramolecular Hbond substituents is 1. The fourth-order valence-electron chi connectivity index (χ4n) is 4.98. The van der Waals surface area contributed by atoms with E-state index >= 15 is 0 Å². The van der Waals surface area contributed by atoms with E-state index in [9.17, 15) is 19.5 Å². The fourth-order valence-corrected chi connectivity index (χ4v) is 4.98. The van der Waals surface area contributed by atoms with Crippen LogP contribution in [0, 0.1) is 22.7 Å². The first-order valence-corrected chi connectivity index (χ1v) is 11.2. The number of ketones is 3. The van der Waals surface area contributed by atoms with Crippen molar-refractivity contribution in [2.24, 2.45) is 22.7 Å². The first-order valence-electron chi connectivity index (χ1n) is 11.2. The molecular weight excluding hydrogens is 408 g/mol. The van der Waals surface area contributed by atoms with Gasteiger partial charge in [0.25, 0.3) is 0 Å². The molecule has 3 rings (SSSR count). The Balaban J connectivity index is 2.44. The molecule has 0 saturated heterocycles. The molecule has 0 amide bonds. The number of carbonyl (C=O) groups excluding carboxylic acids is 3. The number of carbonyl (C=O) groups is 3. The number of hydrogen-bond donors (Lipinski definition) is 1. The third kappa shape index (κ3) is 3.35. The highest BCUT2D eigenvalue weighted by Gasteiger charge is 2.57. The van der Waals surface area contributed by atoms with Gasteiger partial charge in [-0.2, -0.15) is 0 Å². The zero-order valence-electron chi connectivity index (χ0n) is 20.5. The summed E-state index contributed by atoms with van der Waals surface area (Å²) >= 11 is 0. The van der Waals surface area contributed by atoms with Gasteiger partial charge in [0.2, 0.25) is 0 Å². The molecular formula is C26H34O6. The lowest BCUT2D eigenvalue weighted by molar-refractivity contribution is -0.144. The van der Waals surface area contributed by atoms with Gasteiger partial charge in [-0.15, -0.1) is 0 Å². The molecule has 0 radical (unpaired) electrons. The maximum Gasteiger partial charge on any atom is 0.175 e. The molecule has 1 aromatic rings. The van der Waals surface area contributed by atoms with E-state index in [1.165, 1.54) is 13.2 Å². The molecule has 1 N–H and O–H groups in total. The van der Waals surface area contributed by atoms with Crippen LogP contribution in [0.3, 0.4) is 0 Å². The second-order valence-corrected chi connectivity index (χ2v) is 10.7. The summed E-state index contributed by atoms with van der Waals surface area (Å²) < 4.78 is 11.7. The minimum atomic E-state index is -1.21. The molecule has 6 nitrogen and oxygen atoms in total. The van der Waals surface area contributed by atoms with Crippen molar-refractivity contribution in [1.82, 2.24) is 0 Å². The van der Waals surface area contributed by atoms with Crippen LogP contribution in [0.1, 0.15) is 83.7 Å². The summed E-state index contributed by atoms with van der Waals surface area (Å²) in [6.07, 6.45) is 0.552. The zero-order valence-corrected chi connectivity index (χ0v) is 20.5. The Morgan fingerprint density at radius 1 is 1.12 bits per heavy atom. The molecule has 0 fully saturated rings. The lowest BCUT2D eigenvalue weighted by atomic mass is 9.59. The molecule has 0 saturated carbocycles. The van der Waals surface area contributed by atoms with Gasteiger partial charge in [-0.3, -0.25) is 14.4 Å². The van der Waals surface area contributed by atoms with Crippen molar-refractivity contribution in [3.63, 3.8) is 0 Å². The summed E-state index contributed by atoms with van der Waals surface area (Å²) in [4.78, 5) is 40.1. The molecule has 0 bridgehead atoms. The second kappa shape index (κ2) is 7.75. The molecule has 1 aliphatic heterocycles. The summed E-state index contributed by atoms with van der Waals surface area (Å²) in [7, 11) is 1.43. The van der Waals surface area contributed by atoms with E-state index in [1.54, 1.807) is 41.5 Å². The van der Waals surface area contributed by atoms with Crippen LogP contribution in [0.25, 0.3) is 0 Å². The smallest absolute Gasteiger partial charge is 0.175 e. The minimum absolute atomic E-state index is 0.0883. The first kappa shape index (κ1) is 24.0. The van der Waals surface area contributed by atoms with Crippen molar-refractivity contribution in [3.05, 3.63) is 28.5 Å². The molecule has 1 atom stereocenters. The Morgan fingerprint density at radius 2 is 1.72 bits per heavy atom. The Kier molecular flexibility index (Phi) is 5.82. The summed E-state index contributed by atoms with van der Waals surface area (Å²) in [5.74, 6) is -0.801. The van der Waals surface area contributed by atoms with Crippen LogP contribution in [0.4, 0.5) is 0 Å². The number of hydrogen-bond acceptors (Lipinski definition) is 6. The molecule has 6 heteroatoms. The number of phenols is 1. The highest BCUT2D eigenvalue weighted by atomic mass is 16.5. The van der Waals surface area contributed by atoms with E-state index in [0.29, 0.717) is 17.6 Å². The maximum absolute atomic E-state index is 13.6. The third-order valence-corrected chi connectivity index (χ3v) is 6.62. The molecule has 1 heterocycles. The number of aromatic hydroxyl groups is 1. The molecule has 174 valence electrons. The topological polar surface area (TPSA) is 89.9 Å². The summed E-state index contributed by atoms with van der Waals surface area (Å²) in [6.45, 7) is 14.4. The zero-order chi connectivity index (χ0) is 24.3. The van der Waals surface area contributed by atoms with Crippen molar-refractivity contribution in [2.45, 2.75) is 67.7 Å². The van der Waals surface area contributed by atoms with E-state index in [2.05, 4.69) is 0 Å². The summed E-state index contributed by atoms with van der Waals surface area (Å²) in [5, 5.41) is 11.0. The van der Waals surface area contributed by atoms with Gasteiger partial charge in [-0.05, 0) is 40.0 Å². The van der Waals surface area contributed by atoms with Crippen molar-refractivity contribution >= 4 is 17.3 Å². The van der Waals surface area contributed by atoms with Crippen LogP contribution in [0.15, 0.2) is 17.4 Å². The summed E-state index contributed by atoms with van der Waals surface area (Å²) in [6, 6.07) is 1.42. The Bertz CT molecular complexity index is 1040. The molecule has 0 aromatic heterocycles. The highest BCUT2D eigenvalue weighted by Crippen LogP contribution is 2.57. The normalized spacial score (nSPS) is 21.4. The summed E-state index contributed by atoms with van der Waals surface area (Å²) in [5.41, 5.74) is -1.22. The number of allylic oxidation sites excluding steroid dienone is 2. The van der Waals surface area contributed by atoms with Crippen molar-refractivity contribution in [3.8, 4) is 17.2 Å². The third-order valence-electron chi connectivity index (χ3n) is 6.62. The SMILES string of the molecule is COc1cc(O)c2c(c1C(=O)C(C)C)OC1=C(C(=O)C(C)(C)C(=O)C1(C)C)C2CC(C)C. The Labute approximate surface area is 190 Å². The van der Waals surface area contributed by atoms with Crippen LogP contribution in [-0.4, -0.2) is 29.6 Å². The average Bonchev–Trinajstić information content (AvgIpc) is 2.69. The number of fused-ring (bicyclic) bond motifs is 1. The van der Waals surface area contributed by atoms with Crippen molar-refractivity contribution in [2.75, 3.05) is 7.11 Å². The predicted octanol–water partition coefficient (Wildman–Crippen LogP) is 5.22. The molecule has 2 aliphatic rings. The van der Waals surface area contributed by atoms with E-state index in [1.807, 2.05) is 13.8 Å². The first-order chi connectivity index (χ1) is 14.7. The second-order valence-electron chi connectivity index (χ2n) is 10.7. The maximum atomic E-state index is 13.6. The Hall–Kier alpha value is -2.63. The van der Waals surface area contributed by atoms with E-state index < -0.39 is 16.7 Å². The van der Waals surface area contributed by atoms with E-state index in [0.717, 1.165) is 0 Å². The molecule has 1 unspecified atom stereocenters. The minimum Gasteiger partial charge on any atom is -0.507 e. The van der Waals surface area contributed by atoms with Crippen molar-refractivity contribution < 1.29 is 29.0 Å². The quantitative estimate of drug-likeness (QED) is 0.497. The van der Waals surface area contributed by atoms with Gasteiger partial charge in [-0.25, -0.2) is 0 Å². The van der Waals surface area contributed by atoms with Gasteiger partial charge < -0.3 is 14.6 Å². The van der Waals surface area contributed by atoms with Gasteiger partial charge >= 0.3 is 0 Å². The predicted molar refractivity (Wildman–Crippen MR) is 121 cm³/mol. The lowest BCUT2D eigenvalue weighted by Gasteiger charge is -2.45. The molecule has 0 spiro atoms. The monoisotopic (exact) mass is 442 g/mol. The van der Waals surface area contributed by atoms with E-state index in [-0.39, 0.29) is 57.8 Å². The fraction of sp³-hybridized carbons (Fsp3) is 0.577. The van der Waals surface area contributed by atoms with Gasteiger partial charge in [0.05, 0.1) is 17.9 Å². The van der Waals surface area contributed by atoms with Crippen LogP contribution in [-0.2, 0) is 9.59 Å². The molecule has 1 aliphatic carbocycles. The number of rotatable bonds is 5. The van der Waals surface area contributed by atoms with Crippen molar-refractivity contribution in [1.29, 1.82) is 0 Å². The molecule has 1 aromatic carbocycles. The number of Topliss-reactive ketones (excluding diaryl/α,β-unsaturated/α-hetero) is 3. The largest absolute Gasteiger partial charge is 0.507 e. The van der Waals surface area contributed by atoms with Gasteiger partial charge in [-0.1, -0.05) is 27.7 Å². The van der Waals surface area contributed by atoms with Crippen LogP contribution >= 0.6 is 0 Å². The number of methoxy groups -OCH3 is 1. The highest BCUT2D eigenvalue weighted by molar-refractivity contribution is 6.20. The molecule has 32 heavy (non-hydrogen) atoms. The van der Waals surface area contributed by atoms with Crippen LogP contribution in [0.2, 0.25) is 0 Å². The lowest BCUT2D eigenvalue weighted by Crippen LogP contribution is -2.51. The van der Waals surface area contributed by atoms with Gasteiger partial charge in [0.1, 0.15) is 28.6 Å². The average molecular weight is 443 g/mol. The van der Waals surface area contributed by atoms with E-state index in [4.69, 9.17) is 9.47 Å². The van der Waals surface area contributed by atoms with Crippen LogP contribution in [0.5, 0.6) is 17.2 Å². The Morgan fingerprint density at radius 3 is 2.22 bits per heavy atom. The number of ether oxygens (including phenoxy) is 2. The van der Waals surface area contributed by atoms with Crippen LogP contribution < -0.4 is 9.47 Å². The number of benzene rings is 1. The van der Waals surface area contributed by atoms with Gasteiger partial charge in [0.15, 0.2) is 17.3 Å². The standard InChI is InChI=1S/C26H34O6/c1-12(2)10-14-17-15(27)11-16(31-9)19(20(28)13(3)4)21(17)32-23-18(14)22(29)25(5,6)24(30)26(23,7)8/h11-14,27H,10H2,1-9H3. The van der Waals surface area contributed by atoms with Gasteiger partial charge in [0, 0.05) is 29.0 Å².